The predicted octanol–water partition coefficient (Wildman–Crippen LogP) is 6.05. The second-order valence-electron chi connectivity index (χ2n) is 7.15. The van der Waals surface area contributed by atoms with E-state index < -0.39 is 0 Å². The van der Waals surface area contributed by atoms with Crippen LogP contribution >= 0.6 is 0 Å². The van der Waals surface area contributed by atoms with Crippen LogP contribution in [0.3, 0.4) is 0 Å². The van der Waals surface area contributed by atoms with Gasteiger partial charge < -0.3 is 4.74 Å². The Bertz CT molecular complexity index is 591. The Morgan fingerprint density at radius 1 is 0.840 bits per heavy atom. The van der Waals surface area contributed by atoms with Crippen LogP contribution in [-0.4, -0.2) is 16.6 Å². The highest BCUT2D eigenvalue weighted by atomic mass is 16.5. The molecule has 0 aliphatic heterocycles. The van der Waals surface area contributed by atoms with Gasteiger partial charge in [0.1, 0.15) is 5.75 Å². The van der Waals surface area contributed by atoms with Crippen LogP contribution in [0.15, 0.2) is 42.7 Å². The summed E-state index contributed by atoms with van der Waals surface area (Å²) in [5, 5.41) is 0. The zero-order chi connectivity index (χ0) is 17.2. The molecule has 1 aliphatic carbocycles. The number of aromatic nitrogens is 2. The molecule has 1 saturated carbocycles. The molecule has 1 aliphatic rings. The van der Waals surface area contributed by atoms with Gasteiger partial charge in [-0.25, -0.2) is 9.97 Å². The molecule has 3 rings (SSSR count). The van der Waals surface area contributed by atoms with Crippen molar-refractivity contribution in [3.63, 3.8) is 0 Å². The van der Waals surface area contributed by atoms with Crippen LogP contribution in [-0.2, 0) is 0 Å². The molecule has 1 fully saturated rings. The molecule has 0 amide bonds. The first-order valence-electron chi connectivity index (χ1n) is 9.92. The Hall–Kier alpha value is -1.90. The first kappa shape index (κ1) is 17.9. The number of rotatable bonds is 10. The molecule has 0 radical (unpaired) electrons. The lowest BCUT2D eigenvalue weighted by atomic mass is 9.99. The first-order chi connectivity index (χ1) is 12.4. The molecule has 0 bridgehead atoms. The minimum atomic E-state index is 0.756. The molecule has 134 valence electrons. The van der Waals surface area contributed by atoms with E-state index in [1.54, 1.807) is 12.4 Å². The Balaban J connectivity index is 1.25. The van der Waals surface area contributed by atoms with E-state index in [9.17, 15) is 0 Å². The van der Waals surface area contributed by atoms with Gasteiger partial charge in [-0.2, -0.15) is 0 Å². The predicted molar refractivity (Wildman–Crippen MR) is 103 cm³/mol. The van der Waals surface area contributed by atoms with Crippen molar-refractivity contribution < 1.29 is 4.74 Å². The third-order valence-corrected chi connectivity index (χ3v) is 5.18. The highest BCUT2D eigenvalue weighted by molar-refractivity contribution is 5.55. The van der Waals surface area contributed by atoms with Gasteiger partial charge in [0, 0.05) is 18.0 Å². The molecule has 0 saturated heterocycles. The third-order valence-electron chi connectivity index (χ3n) is 5.18. The third kappa shape index (κ3) is 6.15. The average molecular weight is 338 g/mol. The SMILES string of the molecule is c1cnc(-c2ccc(OCCCCCCCC3CCCC3)cc2)nc1. The summed E-state index contributed by atoms with van der Waals surface area (Å²) in [6.07, 6.45) is 17.5. The minimum absolute atomic E-state index is 0.756. The molecule has 3 heteroatoms. The van der Waals surface area contributed by atoms with Gasteiger partial charge in [0.15, 0.2) is 5.82 Å². The van der Waals surface area contributed by atoms with Crippen molar-refractivity contribution in [3.05, 3.63) is 42.7 Å². The van der Waals surface area contributed by atoms with Gasteiger partial charge in [-0.15, -0.1) is 0 Å². The smallest absolute Gasteiger partial charge is 0.159 e. The van der Waals surface area contributed by atoms with E-state index in [0.717, 1.165) is 36.1 Å². The number of unbranched alkanes of at least 4 members (excludes halogenated alkanes) is 4. The lowest BCUT2D eigenvalue weighted by Gasteiger charge is -2.09. The van der Waals surface area contributed by atoms with Crippen LogP contribution in [0.5, 0.6) is 5.75 Å². The maximum absolute atomic E-state index is 5.84. The summed E-state index contributed by atoms with van der Waals surface area (Å²) in [7, 11) is 0. The number of hydrogen-bond donors (Lipinski definition) is 0. The molecule has 3 nitrogen and oxygen atoms in total. The number of ether oxygens (including phenoxy) is 1. The fraction of sp³-hybridized carbons (Fsp3) is 0.545. The van der Waals surface area contributed by atoms with Crippen molar-refractivity contribution in [1.82, 2.24) is 9.97 Å². The fourth-order valence-electron chi connectivity index (χ4n) is 3.70. The maximum atomic E-state index is 5.84. The molecule has 25 heavy (non-hydrogen) atoms. The van der Waals surface area contributed by atoms with Gasteiger partial charge in [0.05, 0.1) is 6.61 Å². The molecular formula is C22H30N2O. The van der Waals surface area contributed by atoms with Crippen LogP contribution in [0.4, 0.5) is 0 Å². The van der Waals surface area contributed by atoms with Crippen molar-refractivity contribution in [1.29, 1.82) is 0 Å². The summed E-state index contributed by atoms with van der Waals surface area (Å²) < 4.78 is 5.84. The van der Waals surface area contributed by atoms with Crippen LogP contribution in [0.25, 0.3) is 11.4 Å². The number of hydrogen-bond acceptors (Lipinski definition) is 3. The normalized spacial score (nSPS) is 14.7. The van der Waals surface area contributed by atoms with E-state index >= 15 is 0 Å². The molecule has 0 unspecified atom stereocenters. The molecule has 1 aromatic heterocycles. The quantitative estimate of drug-likeness (QED) is 0.494. The summed E-state index contributed by atoms with van der Waals surface area (Å²) >= 11 is 0. The number of benzene rings is 1. The van der Waals surface area contributed by atoms with Crippen LogP contribution < -0.4 is 4.74 Å². The Labute approximate surface area is 151 Å². The van der Waals surface area contributed by atoms with Gasteiger partial charge in [0.2, 0.25) is 0 Å². The monoisotopic (exact) mass is 338 g/mol. The van der Waals surface area contributed by atoms with Crippen LogP contribution in [0.2, 0.25) is 0 Å². The highest BCUT2D eigenvalue weighted by Gasteiger charge is 2.13. The molecular weight excluding hydrogens is 308 g/mol. The van der Waals surface area contributed by atoms with Crippen molar-refractivity contribution in [2.75, 3.05) is 6.61 Å². The molecule has 1 aromatic carbocycles. The van der Waals surface area contributed by atoms with Gasteiger partial charge in [-0.3, -0.25) is 0 Å². The first-order valence-corrected chi connectivity index (χ1v) is 9.92. The summed E-state index contributed by atoms with van der Waals surface area (Å²) in [5.41, 5.74) is 1.02. The van der Waals surface area contributed by atoms with Gasteiger partial charge >= 0.3 is 0 Å². The van der Waals surface area contributed by atoms with Crippen LogP contribution in [0, 0.1) is 5.92 Å². The van der Waals surface area contributed by atoms with Crippen molar-refractivity contribution in [2.45, 2.75) is 64.2 Å². The summed E-state index contributed by atoms with van der Waals surface area (Å²) in [6.45, 7) is 0.809. The standard InChI is InChI=1S/C22H30N2O/c1(2-4-9-19-10-5-6-11-19)3-7-18-25-21-14-12-20(13-15-21)22-23-16-8-17-24-22/h8,12-17,19H,1-7,9-11,18H2. The van der Waals surface area contributed by atoms with Crippen molar-refractivity contribution in [2.24, 2.45) is 5.92 Å². The summed E-state index contributed by atoms with van der Waals surface area (Å²) in [6, 6.07) is 9.89. The molecule has 0 N–H and O–H groups in total. The second-order valence-corrected chi connectivity index (χ2v) is 7.15. The molecule has 0 atom stereocenters. The summed E-state index contributed by atoms with van der Waals surface area (Å²) in [5.74, 6) is 2.74. The van der Waals surface area contributed by atoms with Crippen LogP contribution in [0.1, 0.15) is 64.2 Å². The van der Waals surface area contributed by atoms with Crippen molar-refractivity contribution >= 4 is 0 Å². The largest absolute Gasteiger partial charge is 0.494 e. The van der Waals surface area contributed by atoms with E-state index in [2.05, 4.69) is 9.97 Å². The van der Waals surface area contributed by atoms with Gasteiger partial charge in [-0.1, -0.05) is 57.8 Å². The van der Waals surface area contributed by atoms with E-state index in [0.29, 0.717) is 0 Å². The van der Waals surface area contributed by atoms with E-state index in [1.165, 1.54) is 57.8 Å². The van der Waals surface area contributed by atoms with E-state index in [1.807, 2.05) is 30.3 Å². The van der Waals surface area contributed by atoms with Gasteiger partial charge in [-0.05, 0) is 42.7 Å². The summed E-state index contributed by atoms with van der Waals surface area (Å²) in [4.78, 5) is 8.53. The van der Waals surface area contributed by atoms with Crippen molar-refractivity contribution in [3.8, 4) is 17.1 Å². The molecule has 2 aromatic rings. The van der Waals surface area contributed by atoms with E-state index in [-0.39, 0.29) is 0 Å². The number of nitrogens with zero attached hydrogens (tertiary/aromatic N) is 2. The Morgan fingerprint density at radius 2 is 1.52 bits per heavy atom. The lowest BCUT2D eigenvalue weighted by molar-refractivity contribution is 0.304. The lowest BCUT2D eigenvalue weighted by Crippen LogP contribution is -1.98. The van der Waals surface area contributed by atoms with Gasteiger partial charge in [0.25, 0.3) is 0 Å². The zero-order valence-corrected chi connectivity index (χ0v) is 15.2. The Kier molecular flexibility index (Phi) is 7.29. The minimum Gasteiger partial charge on any atom is -0.494 e. The van der Waals surface area contributed by atoms with E-state index in [4.69, 9.17) is 4.74 Å². The second kappa shape index (κ2) is 10.2. The Morgan fingerprint density at radius 3 is 2.28 bits per heavy atom. The highest BCUT2D eigenvalue weighted by Crippen LogP contribution is 2.29. The average Bonchev–Trinajstić information content (AvgIpc) is 3.19. The maximum Gasteiger partial charge on any atom is 0.159 e. The zero-order valence-electron chi connectivity index (χ0n) is 15.2. The molecule has 0 spiro atoms. The molecule has 1 heterocycles. The topological polar surface area (TPSA) is 35.0 Å². The fourth-order valence-corrected chi connectivity index (χ4v) is 3.70.